The molecule has 0 fully saturated rings. The quantitative estimate of drug-likeness (QED) is 0.749. The molecule has 0 radical (unpaired) electrons. The minimum atomic E-state index is -0.132. The van der Waals surface area contributed by atoms with Gasteiger partial charge in [0.25, 0.3) is 0 Å². The van der Waals surface area contributed by atoms with Gasteiger partial charge in [-0.05, 0) is 43.7 Å². The number of hydrogen-bond acceptors (Lipinski definition) is 1. The fourth-order valence-electron chi connectivity index (χ4n) is 2.34. The van der Waals surface area contributed by atoms with Gasteiger partial charge in [-0.15, -0.1) is 0 Å². The SMILES string of the molecule is Cc1c(F)cccc1NC(CC(C)C)CC(C)C. The molecule has 0 bridgehead atoms. The van der Waals surface area contributed by atoms with Crippen LogP contribution >= 0.6 is 0 Å². The Bertz CT molecular complexity index is 361. The molecule has 0 aliphatic heterocycles. The molecule has 2 heteroatoms. The van der Waals surface area contributed by atoms with Gasteiger partial charge in [0.2, 0.25) is 0 Å². The predicted octanol–water partition coefficient (Wildman–Crippen LogP) is 5.01. The zero-order chi connectivity index (χ0) is 13.7. The van der Waals surface area contributed by atoms with Gasteiger partial charge in [-0.1, -0.05) is 33.8 Å². The Kier molecular flexibility index (Phi) is 5.64. The van der Waals surface area contributed by atoms with Crippen molar-refractivity contribution >= 4 is 5.69 Å². The highest BCUT2D eigenvalue weighted by Crippen LogP contribution is 2.22. The van der Waals surface area contributed by atoms with E-state index in [-0.39, 0.29) is 5.82 Å². The Hall–Kier alpha value is -1.05. The van der Waals surface area contributed by atoms with Crippen molar-refractivity contribution in [2.75, 3.05) is 5.32 Å². The van der Waals surface area contributed by atoms with E-state index in [1.165, 1.54) is 6.07 Å². The maximum Gasteiger partial charge on any atom is 0.128 e. The van der Waals surface area contributed by atoms with Crippen LogP contribution in [-0.4, -0.2) is 6.04 Å². The van der Waals surface area contributed by atoms with Crippen LogP contribution in [0.3, 0.4) is 0 Å². The molecule has 102 valence electrons. The first-order valence-corrected chi connectivity index (χ1v) is 6.91. The fraction of sp³-hybridized carbons (Fsp3) is 0.625. The number of rotatable bonds is 6. The number of nitrogens with one attached hydrogen (secondary N) is 1. The van der Waals surface area contributed by atoms with Crippen molar-refractivity contribution in [2.45, 2.75) is 53.5 Å². The van der Waals surface area contributed by atoms with Gasteiger partial charge >= 0.3 is 0 Å². The van der Waals surface area contributed by atoms with E-state index < -0.39 is 0 Å². The first-order chi connectivity index (χ1) is 8.40. The Morgan fingerprint density at radius 3 is 2.11 bits per heavy atom. The van der Waals surface area contributed by atoms with Gasteiger partial charge in [0, 0.05) is 17.3 Å². The number of benzene rings is 1. The molecule has 18 heavy (non-hydrogen) atoms. The van der Waals surface area contributed by atoms with E-state index in [0.717, 1.165) is 24.1 Å². The van der Waals surface area contributed by atoms with Gasteiger partial charge in [0.1, 0.15) is 5.82 Å². The third-order valence-electron chi connectivity index (χ3n) is 3.14. The molecule has 1 aromatic carbocycles. The lowest BCUT2D eigenvalue weighted by molar-refractivity contribution is 0.442. The van der Waals surface area contributed by atoms with Gasteiger partial charge < -0.3 is 5.32 Å². The molecule has 1 rings (SSSR count). The van der Waals surface area contributed by atoms with Crippen LogP contribution in [-0.2, 0) is 0 Å². The van der Waals surface area contributed by atoms with E-state index in [4.69, 9.17) is 0 Å². The molecular formula is C16H26FN. The molecule has 0 unspecified atom stereocenters. The lowest BCUT2D eigenvalue weighted by Gasteiger charge is -2.24. The normalized spacial score (nSPS) is 11.6. The van der Waals surface area contributed by atoms with Crippen LogP contribution in [0, 0.1) is 24.6 Å². The second-order valence-electron chi connectivity index (χ2n) is 6.01. The van der Waals surface area contributed by atoms with Gasteiger partial charge in [-0.2, -0.15) is 0 Å². The van der Waals surface area contributed by atoms with E-state index in [2.05, 4.69) is 33.0 Å². The van der Waals surface area contributed by atoms with Crippen molar-refractivity contribution in [1.29, 1.82) is 0 Å². The van der Waals surface area contributed by atoms with Crippen LogP contribution < -0.4 is 5.32 Å². The number of anilines is 1. The van der Waals surface area contributed by atoms with Crippen LogP contribution in [0.2, 0.25) is 0 Å². The summed E-state index contributed by atoms with van der Waals surface area (Å²) in [5.74, 6) is 1.16. The molecule has 1 nitrogen and oxygen atoms in total. The van der Waals surface area contributed by atoms with Gasteiger partial charge in [-0.25, -0.2) is 4.39 Å². The van der Waals surface area contributed by atoms with Crippen LogP contribution in [0.1, 0.15) is 46.1 Å². The smallest absolute Gasteiger partial charge is 0.128 e. The maximum absolute atomic E-state index is 13.5. The van der Waals surface area contributed by atoms with E-state index in [0.29, 0.717) is 17.9 Å². The van der Waals surface area contributed by atoms with E-state index in [9.17, 15) is 4.39 Å². The highest BCUT2D eigenvalue weighted by Gasteiger charge is 2.14. The summed E-state index contributed by atoms with van der Waals surface area (Å²) >= 11 is 0. The average molecular weight is 251 g/mol. The summed E-state index contributed by atoms with van der Waals surface area (Å²) in [4.78, 5) is 0. The Morgan fingerprint density at radius 1 is 1.06 bits per heavy atom. The minimum absolute atomic E-state index is 0.132. The third kappa shape index (κ3) is 4.67. The zero-order valence-electron chi connectivity index (χ0n) is 12.3. The standard InChI is InChI=1S/C16H26FN/c1-11(2)9-14(10-12(3)4)18-16-8-6-7-15(17)13(16)5/h6-8,11-12,14,18H,9-10H2,1-5H3. The van der Waals surface area contributed by atoms with Crippen LogP contribution in [0.4, 0.5) is 10.1 Å². The molecule has 0 aromatic heterocycles. The molecule has 0 aliphatic carbocycles. The summed E-state index contributed by atoms with van der Waals surface area (Å²) in [6.45, 7) is 10.8. The van der Waals surface area contributed by atoms with E-state index in [1.54, 1.807) is 6.07 Å². The molecule has 1 aromatic rings. The molecule has 0 spiro atoms. The van der Waals surface area contributed by atoms with Gasteiger partial charge in [0.15, 0.2) is 0 Å². The Morgan fingerprint density at radius 2 is 1.61 bits per heavy atom. The van der Waals surface area contributed by atoms with Crippen molar-refractivity contribution in [3.63, 3.8) is 0 Å². The van der Waals surface area contributed by atoms with Gasteiger partial charge in [-0.3, -0.25) is 0 Å². The van der Waals surface area contributed by atoms with Crippen LogP contribution in [0.5, 0.6) is 0 Å². The summed E-state index contributed by atoms with van der Waals surface area (Å²) in [6.07, 6.45) is 2.24. The maximum atomic E-state index is 13.5. The molecular weight excluding hydrogens is 225 g/mol. The molecule has 0 amide bonds. The second-order valence-corrected chi connectivity index (χ2v) is 6.01. The monoisotopic (exact) mass is 251 g/mol. The van der Waals surface area contributed by atoms with E-state index in [1.807, 2.05) is 13.0 Å². The Balaban J connectivity index is 2.78. The number of hydrogen-bond donors (Lipinski definition) is 1. The second kappa shape index (κ2) is 6.77. The van der Waals surface area contributed by atoms with Crippen LogP contribution in [0.25, 0.3) is 0 Å². The molecule has 0 atom stereocenters. The lowest BCUT2D eigenvalue weighted by Crippen LogP contribution is -2.24. The van der Waals surface area contributed by atoms with E-state index >= 15 is 0 Å². The number of halogens is 1. The van der Waals surface area contributed by atoms with Crippen molar-refractivity contribution in [3.05, 3.63) is 29.6 Å². The van der Waals surface area contributed by atoms with Crippen molar-refractivity contribution in [2.24, 2.45) is 11.8 Å². The van der Waals surface area contributed by atoms with Crippen LogP contribution in [0.15, 0.2) is 18.2 Å². The molecule has 0 saturated carbocycles. The largest absolute Gasteiger partial charge is 0.382 e. The predicted molar refractivity (Wildman–Crippen MR) is 77.5 cm³/mol. The van der Waals surface area contributed by atoms with Gasteiger partial charge in [0.05, 0.1) is 0 Å². The lowest BCUT2D eigenvalue weighted by atomic mass is 9.95. The minimum Gasteiger partial charge on any atom is -0.382 e. The molecule has 0 saturated heterocycles. The highest BCUT2D eigenvalue weighted by atomic mass is 19.1. The first kappa shape index (κ1) is 15.0. The summed E-state index contributed by atoms with van der Waals surface area (Å²) in [5, 5.41) is 3.51. The van der Waals surface area contributed by atoms with Crippen molar-refractivity contribution in [1.82, 2.24) is 0 Å². The molecule has 0 heterocycles. The summed E-state index contributed by atoms with van der Waals surface area (Å²) < 4.78 is 13.5. The van der Waals surface area contributed by atoms with Crippen molar-refractivity contribution in [3.8, 4) is 0 Å². The Labute approximate surface area is 111 Å². The summed E-state index contributed by atoms with van der Waals surface area (Å²) in [7, 11) is 0. The first-order valence-electron chi connectivity index (χ1n) is 6.91. The third-order valence-corrected chi connectivity index (χ3v) is 3.14. The van der Waals surface area contributed by atoms with Crippen molar-refractivity contribution < 1.29 is 4.39 Å². The fourth-order valence-corrected chi connectivity index (χ4v) is 2.34. The summed E-state index contributed by atoms with van der Waals surface area (Å²) in [6, 6.07) is 5.67. The molecule has 1 N–H and O–H groups in total. The summed E-state index contributed by atoms with van der Waals surface area (Å²) in [5.41, 5.74) is 1.65. The molecule has 0 aliphatic rings. The topological polar surface area (TPSA) is 12.0 Å². The average Bonchev–Trinajstić information content (AvgIpc) is 2.23. The zero-order valence-corrected chi connectivity index (χ0v) is 12.3. The highest BCUT2D eigenvalue weighted by molar-refractivity contribution is 5.51.